The minimum atomic E-state index is -0.647. The highest BCUT2D eigenvalue weighted by molar-refractivity contribution is 7.09. The largest absolute Gasteiger partial charge is 0.388 e. The fraction of sp³-hybridized carbons (Fsp3) is 0.667. The molecule has 1 aromatic heterocycles. The molecule has 0 aliphatic heterocycles. The quantitative estimate of drug-likeness (QED) is 0.832. The van der Waals surface area contributed by atoms with Gasteiger partial charge in [-0.1, -0.05) is 6.92 Å². The van der Waals surface area contributed by atoms with Crippen LogP contribution < -0.4 is 5.32 Å². The van der Waals surface area contributed by atoms with Crippen molar-refractivity contribution in [3.05, 3.63) is 16.1 Å². The molecule has 2 N–H and O–H groups in total. The van der Waals surface area contributed by atoms with Crippen LogP contribution >= 0.6 is 11.3 Å². The molecule has 1 aliphatic carbocycles. The van der Waals surface area contributed by atoms with Gasteiger partial charge >= 0.3 is 0 Å². The molecule has 0 unspecified atom stereocenters. The number of aromatic nitrogens is 1. The summed E-state index contributed by atoms with van der Waals surface area (Å²) in [6.07, 6.45) is 3.87. The summed E-state index contributed by atoms with van der Waals surface area (Å²) in [4.78, 5) is 16.0. The number of hydrogen-bond donors (Lipinski definition) is 2. The smallest absolute Gasteiger partial charge is 0.226 e. The zero-order valence-corrected chi connectivity index (χ0v) is 10.8. The minimum absolute atomic E-state index is 0.0571. The number of hydrogen-bond acceptors (Lipinski definition) is 4. The average Bonchev–Trinajstić information content (AvgIpc) is 2.71. The number of carbonyl (C=O) groups excluding carboxylic acids is 1. The summed E-state index contributed by atoms with van der Waals surface area (Å²) < 4.78 is 0. The molecule has 94 valence electrons. The highest BCUT2D eigenvalue weighted by Crippen LogP contribution is 2.30. The van der Waals surface area contributed by atoms with Crippen molar-refractivity contribution in [1.29, 1.82) is 0 Å². The minimum Gasteiger partial charge on any atom is -0.388 e. The van der Waals surface area contributed by atoms with Gasteiger partial charge in [0.15, 0.2) is 0 Å². The Labute approximate surface area is 105 Å². The standard InChI is InChI=1S/C12H18N2O2S/c1-2-11-14-9(7-17-11)6-10(15)13-8-12(16)4-3-5-12/h7,16H,2-6,8H2,1H3,(H,13,15). The molecule has 1 amide bonds. The Bertz CT molecular complexity index is 399. The van der Waals surface area contributed by atoms with Crippen LogP contribution in [0.15, 0.2) is 5.38 Å². The number of nitrogens with one attached hydrogen (secondary N) is 1. The van der Waals surface area contributed by atoms with E-state index >= 15 is 0 Å². The third kappa shape index (κ3) is 3.26. The van der Waals surface area contributed by atoms with E-state index in [1.807, 2.05) is 5.38 Å². The van der Waals surface area contributed by atoms with Crippen LogP contribution in [0.25, 0.3) is 0 Å². The molecule has 2 rings (SSSR count). The number of rotatable bonds is 5. The van der Waals surface area contributed by atoms with E-state index in [9.17, 15) is 9.90 Å². The lowest BCUT2D eigenvalue weighted by molar-refractivity contribution is -0.122. The lowest BCUT2D eigenvalue weighted by atomic mass is 9.80. The summed E-state index contributed by atoms with van der Waals surface area (Å²) in [5.41, 5.74) is 0.178. The van der Waals surface area contributed by atoms with Gasteiger partial charge in [-0.2, -0.15) is 0 Å². The first-order chi connectivity index (χ1) is 8.11. The molecule has 1 saturated carbocycles. The second kappa shape index (κ2) is 5.14. The second-order valence-electron chi connectivity index (χ2n) is 4.62. The molecular weight excluding hydrogens is 236 g/mol. The fourth-order valence-corrected chi connectivity index (χ4v) is 2.59. The van der Waals surface area contributed by atoms with Gasteiger partial charge in [-0.05, 0) is 25.7 Å². The van der Waals surface area contributed by atoms with Crippen LogP contribution in [0.2, 0.25) is 0 Å². The molecule has 4 nitrogen and oxygen atoms in total. The van der Waals surface area contributed by atoms with E-state index in [1.165, 1.54) is 0 Å². The maximum Gasteiger partial charge on any atom is 0.226 e. The Balaban J connectivity index is 1.76. The molecule has 0 saturated heterocycles. The maximum atomic E-state index is 11.6. The Hall–Kier alpha value is -0.940. The first kappa shape index (κ1) is 12.5. The van der Waals surface area contributed by atoms with Gasteiger partial charge in [0.2, 0.25) is 5.91 Å². The predicted octanol–water partition coefficient (Wildman–Crippen LogP) is 1.28. The van der Waals surface area contributed by atoms with Crippen molar-refractivity contribution in [3.63, 3.8) is 0 Å². The second-order valence-corrected chi connectivity index (χ2v) is 5.56. The van der Waals surface area contributed by atoms with Gasteiger partial charge in [0.05, 0.1) is 22.7 Å². The van der Waals surface area contributed by atoms with Gasteiger partial charge in [0, 0.05) is 11.9 Å². The lowest BCUT2D eigenvalue weighted by Gasteiger charge is -2.36. The highest BCUT2D eigenvalue weighted by Gasteiger charge is 2.34. The molecule has 1 aromatic rings. The maximum absolute atomic E-state index is 11.6. The van der Waals surface area contributed by atoms with Crippen molar-refractivity contribution in [1.82, 2.24) is 10.3 Å². The van der Waals surface area contributed by atoms with Crippen LogP contribution in [-0.2, 0) is 17.6 Å². The SMILES string of the molecule is CCc1nc(CC(=O)NCC2(O)CCC2)cs1. The number of nitrogens with zero attached hydrogens (tertiary/aromatic N) is 1. The van der Waals surface area contributed by atoms with Crippen LogP contribution in [0.3, 0.4) is 0 Å². The van der Waals surface area contributed by atoms with Gasteiger partial charge in [-0.25, -0.2) is 4.98 Å². The monoisotopic (exact) mass is 254 g/mol. The molecule has 0 atom stereocenters. The Kier molecular flexibility index (Phi) is 3.79. The van der Waals surface area contributed by atoms with Gasteiger partial charge in [-0.15, -0.1) is 11.3 Å². The Morgan fingerprint density at radius 3 is 2.94 bits per heavy atom. The number of aryl methyl sites for hydroxylation is 1. The van der Waals surface area contributed by atoms with Crippen molar-refractivity contribution in [3.8, 4) is 0 Å². The van der Waals surface area contributed by atoms with Crippen LogP contribution in [0, 0.1) is 0 Å². The van der Waals surface area contributed by atoms with Crippen LogP contribution in [0.4, 0.5) is 0 Å². The molecule has 0 aromatic carbocycles. The van der Waals surface area contributed by atoms with Gasteiger partial charge in [-0.3, -0.25) is 4.79 Å². The van der Waals surface area contributed by atoms with E-state index in [2.05, 4.69) is 17.2 Å². The third-order valence-corrected chi connectivity index (χ3v) is 4.18. The summed E-state index contributed by atoms with van der Waals surface area (Å²) in [7, 11) is 0. The van der Waals surface area contributed by atoms with Crippen molar-refractivity contribution >= 4 is 17.2 Å². The summed E-state index contributed by atoms with van der Waals surface area (Å²) in [5.74, 6) is -0.0571. The Morgan fingerprint density at radius 2 is 2.41 bits per heavy atom. The van der Waals surface area contributed by atoms with E-state index in [4.69, 9.17) is 0 Å². The summed E-state index contributed by atoms with van der Waals surface area (Å²) >= 11 is 1.59. The molecule has 0 radical (unpaired) electrons. The first-order valence-electron chi connectivity index (χ1n) is 6.04. The lowest BCUT2D eigenvalue weighted by Crippen LogP contribution is -2.48. The topological polar surface area (TPSA) is 62.2 Å². The summed E-state index contributed by atoms with van der Waals surface area (Å²) in [6, 6.07) is 0. The molecule has 17 heavy (non-hydrogen) atoms. The number of carbonyl (C=O) groups is 1. The fourth-order valence-electron chi connectivity index (χ4n) is 1.84. The molecule has 1 heterocycles. The van der Waals surface area contributed by atoms with Gasteiger partial charge < -0.3 is 10.4 Å². The van der Waals surface area contributed by atoms with Gasteiger partial charge in [0.1, 0.15) is 0 Å². The first-order valence-corrected chi connectivity index (χ1v) is 6.92. The zero-order valence-electron chi connectivity index (χ0n) is 10.0. The van der Waals surface area contributed by atoms with Crippen molar-refractivity contribution in [2.24, 2.45) is 0 Å². The van der Waals surface area contributed by atoms with E-state index < -0.39 is 5.60 Å². The number of thiazole rings is 1. The Morgan fingerprint density at radius 1 is 1.65 bits per heavy atom. The van der Waals surface area contributed by atoms with Crippen molar-refractivity contribution < 1.29 is 9.90 Å². The van der Waals surface area contributed by atoms with E-state index in [0.717, 1.165) is 36.4 Å². The van der Waals surface area contributed by atoms with Crippen molar-refractivity contribution in [2.75, 3.05) is 6.54 Å². The highest BCUT2D eigenvalue weighted by atomic mass is 32.1. The normalized spacial score (nSPS) is 17.5. The summed E-state index contributed by atoms with van der Waals surface area (Å²) in [5, 5.41) is 15.6. The van der Waals surface area contributed by atoms with Crippen LogP contribution in [0.1, 0.15) is 36.9 Å². The zero-order chi connectivity index (χ0) is 12.3. The predicted molar refractivity (Wildman–Crippen MR) is 67.0 cm³/mol. The molecule has 0 spiro atoms. The van der Waals surface area contributed by atoms with Crippen molar-refractivity contribution in [2.45, 2.75) is 44.6 Å². The van der Waals surface area contributed by atoms with Crippen LogP contribution in [0.5, 0.6) is 0 Å². The van der Waals surface area contributed by atoms with E-state index in [-0.39, 0.29) is 5.91 Å². The molecule has 5 heteroatoms. The number of aliphatic hydroxyl groups is 1. The molecule has 0 bridgehead atoms. The molecule has 1 aliphatic rings. The van der Waals surface area contributed by atoms with Crippen LogP contribution in [-0.4, -0.2) is 28.1 Å². The average molecular weight is 254 g/mol. The molecular formula is C12H18N2O2S. The molecule has 1 fully saturated rings. The van der Waals surface area contributed by atoms with E-state index in [0.29, 0.717) is 13.0 Å². The number of amides is 1. The van der Waals surface area contributed by atoms with Gasteiger partial charge in [0.25, 0.3) is 0 Å². The third-order valence-electron chi connectivity index (χ3n) is 3.14. The van der Waals surface area contributed by atoms with E-state index in [1.54, 1.807) is 11.3 Å². The summed E-state index contributed by atoms with van der Waals surface area (Å²) in [6.45, 7) is 2.42.